The fourth-order valence-electron chi connectivity index (χ4n) is 3.75. The van der Waals surface area contributed by atoms with Gasteiger partial charge in [0.2, 0.25) is 0 Å². The molecule has 0 spiro atoms. The average molecular weight is 458 g/mol. The lowest BCUT2D eigenvalue weighted by molar-refractivity contribution is 0.100. The van der Waals surface area contributed by atoms with Crippen LogP contribution in [0.1, 0.15) is 47.3 Å². The Morgan fingerprint density at radius 3 is 2.38 bits per heavy atom. The number of aryl methyl sites for hydroxylation is 2. The zero-order valence-corrected chi connectivity index (χ0v) is 19.6. The van der Waals surface area contributed by atoms with Crippen LogP contribution in [0, 0.1) is 0 Å². The highest BCUT2D eigenvalue weighted by molar-refractivity contribution is 6.11. The molecule has 0 saturated carbocycles. The van der Waals surface area contributed by atoms with Gasteiger partial charge in [-0.2, -0.15) is 0 Å². The van der Waals surface area contributed by atoms with Crippen LogP contribution in [0.2, 0.25) is 0 Å². The van der Waals surface area contributed by atoms with E-state index in [4.69, 9.17) is 9.72 Å². The zero-order chi connectivity index (χ0) is 24.2. The molecular weight excluding hydrogens is 430 g/mol. The van der Waals surface area contributed by atoms with Crippen LogP contribution in [-0.4, -0.2) is 32.5 Å². The van der Waals surface area contributed by atoms with E-state index in [-0.39, 0.29) is 17.9 Å². The minimum atomic E-state index is -0.324. The van der Waals surface area contributed by atoms with E-state index in [9.17, 15) is 9.59 Å². The molecule has 0 fully saturated rings. The van der Waals surface area contributed by atoms with E-state index in [0.29, 0.717) is 45.8 Å². The van der Waals surface area contributed by atoms with Crippen LogP contribution in [0.15, 0.2) is 60.9 Å². The quantitative estimate of drug-likeness (QED) is 0.415. The maximum atomic E-state index is 13.3. The molecule has 34 heavy (non-hydrogen) atoms. The Kier molecular flexibility index (Phi) is 6.58. The lowest BCUT2D eigenvalue weighted by Gasteiger charge is -2.13. The number of benzene rings is 1. The van der Waals surface area contributed by atoms with E-state index in [1.54, 1.807) is 48.3 Å². The summed E-state index contributed by atoms with van der Waals surface area (Å²) in [4.78, 5) is 34.9. The molecule has 0 radical (unpaired) electrons. The smallest absolute Gasteiger partial charge is 0.276 e. The maximum Gasteiger partial charge on any atom is 0.276 e. The van der Waals surface area contributed by atoms with E-state index < -0.39 is 0 Å². The molecular formula is C26H27N5O3. The van der Waals surface area contributed by atoms with E-state index in [1.807, 2.05) is 45.0 Å². The van der Waals surface area contributed by atoms with Gasteiger partial charge in [0, 0.05) is 30.7 Å². The highest BCUT2D eigenvalue weighted by Gasteiger charge is 2.26. The van der Waals surface area contributed by atoms with Crippen LogP contribution < -0.4 is 15.4 Å². The Balaban J connectivity index is 1.81. The molecule has 0 aliphatic rings. The fourth-order valence-corrected chi connectivity index (χ4v) is 3.75. The highest BCUT2D eigenvalue weighted by Crippen LogP contribution is 2.36. The van der Waals surface area contributed by atoms with Gasteiger partial charge >= 0.3 is 0 Å². The predicted octanol–water partition coefficient (Wildman–Crippen LogP) is 4.82. The average Bonchev–Trinajstić information content (AvgIpc) is 3.09. The molecule has 4 rings (SSSR count). The van der Waals surface area contributed by atoms with Crippen molar-refractivity contribution in [3.63, 3.8) is 0 Å². The number of carbonyl (C=O) groups excluding carboxylic acids is 2. The highest BCUT2D eigenvalue weighted by atomic mass is 16.5. The minimum Gasteiger partial charge on any atom is -0.488 e. The van der Waals surface area contributed by atoms with Gasteiger partial charge in [-0.3, -0.25) is 14.6 Å². The molecule has 0 aliphatic carbocycles. The molecule has 0 aliphatic heterocycles. The molecule has 3 heterocycles. The van der Waals surface area contributed by atoms with Crippen LogP contribution in [0.25, 0.3) is 11.0 Å². The number of nitrogens with one attached hydrogen (secondary N) is 2. The molecule has 4 aromatic rings. The summed E-state index contributed by atoms with van der Waals surface area (Å²) in [5.74, 6) is -0.131. The zero-order valence-electron chi connectivity index (χ0n) is 19.6. The molecule has 174 valence electrons. The maximum absolute atomic E-state index is 13.3. The first-order chi connectivity index (χ1) is 16.4. The van der Waals surface area contributed by atoms with Gasteiger partial charge in [0.15, 0.2) is 11.4 Å². The molecule has 8 heteroatoms. The Labute approximate surface area is 198 Å². The van der Waals surface area contributed by atoms with Gasteiger partial charge in [-0.05, 0) is 50.6 Å². The molecule has 3 aromatic heterocycles. The second-order valence-corrected chi connectivity index (χ2v) is 8.12. The van der Waals surface area contributed by atoms with E-state index in [1.165, 1.54) is 0 Å². The number of hydrogen-bond donors (Lipinski definition) is 2. The second kappa shape index (κ2) is 9.74. The summed E-state index contributed by atoms with van der Waals surface area (Å²) in [5, 5.41) is 6.52. The van der Waals surface area contributed by atoms with Crippen molar-refractivity contribution >= 4 is 34.2 Å². The summed E-state index contributed by atoms with van der Waals surface area (Å²) >= 11 is 0. The first-order valence-electron chi connectivity index (χ1n) is 11.2. The minimum absolute atomic E-state index is 0.175. The van der Waals surface area contributed by atoms with Gasteiger partial charge in [-0.1, -0.05) is 25.1 Å². The number of fused-ring (bicyclic) bond motifs is 1. The first kappa shape index (κ1) is 23.0. The summed E-state index contributed by atoms with van der Waals surface area (Å²) in [6, 6.07) is 14.3. The van der Waals surface area contributed by atoms with Crippen molar-refractivity contribution in [2.45, 2.75) is 33.3 Å². The molecule has 8 nitrogen and oxygen atoms in total. The van der Waals surface area contributed by atoms with Crippen molar-refractivity contribution in [2.24, 2.45) is 7.05 Å². The Morgan fingerprint density at radius 2 is 1.74 bits per heavy atom. The van der Waals surface area contributed by atoms with Gasteiger partial charge in [-0.25, -0.2) is 4.98 Å². The van der Waals surface area contributed by atoms with Crippen molar-refractivity contribution < 1.29 is 14.3 Å². The van der Waals surface area contributed by atoms with Crippen molar-refractivity contribution in [1.82, 2.24) is 14.5 Å². The normalized spacial score (nSPS) is 11.0. The lowest BCUT2D eigenvalue weighted by atomic mass is 10.1. The molecule has 2 N–H and O–H groups in total. The van der Waals surface area contributed by atoms with E-state index >= 15 is 0 Å². The largest absolute Gasteiger partial charge is 0.488 e. The van der Waals surface area contributed by atoms with Crippen molar-refractivity contribution in [3.05, 3.63) is 77.9 Å². The molecule has 0 saturated heterocycles. The van der Waals surface area contributed by atoms with Crippen molar-refractivity contribution in [3.8, 4) is 5.75 Å². The Bertz CT molecular complexity index is 1330. The van der Waals surface area contributed by atoms with Crippen LogP contribution in [0.3, 0.4) is 0 Å². The van der Waals surface area contributed by atoms with Gasteiger partial charge < -0.3 is 19.9 Å². The van der Waals surface area contributed by atoms with E-state index in [0.717, 1.165) is 5.69 Å². The molecule has 1 aromatic carbocycles. The van der Waals surface area contributed by atoms with Crippen LogP contribution in [0.5, 0.6) is 5.75 Å². The number of aromatic nitrogens is 3. The molecule has 0 bridgehead atoms. The summed E-state index contributed by atoms with van der Waals surface area (Å²) in [7, 11) is 1.78. The van der Waals surface area contributed by atoms with E-state index in [2.05, 4.69) is 15.6 Å². The molecule has 0 unspecified atom stereocenters. The fraction of sp³-hybridized carbons (Fsp3) is 0.231. The summed E-state index contributed by atoms with van der Waals surface area (Å²) < 4.78 is 7.84. The number of pyridine rings is 2. The number of hydrogen-bond acceptors (Lipinski definition) is 5. The van der Waals surface area contributed by atoms with Crippen LogP contribution >= 0.6 is 0 Å². The molecule has 0 atom stereocenters. The topological polar surface area (TPSA) is 98.1 Å². The number of nitrogens with zero attached hydrogens (tertiary/aromatic N) is 3. The molecule has 2 amide bonds. The third-order valence-electron chi connectivity index (χ3n) is 5.32. The van der Waals surface area contributed by atoms with Gasteiger partial charge in [0.25, 0.3) is 11.8 Å². The number of anilines is 2. The standard InChI is InChI=1S/C26H27N5O3/c1-5-20-21(30-25(32)17-9-7-6-8-10-17)15-19-23(34-16(2)3)22(31(4)24(19)29-20)26(33)28-18-11-13-27-14-12-18/h6-16H,5H2,1-4H3,(H,30,32)(H,27,28,33). The van der Waals surface area contributed by atoms with Crippen LogP contribution in [-0.2, 0) is 13.5 Å². The number of amides is 2. The summed E-state index contributed by atoms with van der Waals surface area (Å²) in [6.07, 6.45) is 3.65. The third kappa shape index (κ3) is 4.61. The second-order valence-electron chi connectivity index (χ2n) is 8.12. The summed E-state index contributed by atoms with van der Waals surface area (Å²) in [5.41, 5.74) is 3.43. The SMILES string of the molecule is CCc1nc2c(cc1NC(=O)c1ccccc1)c(OC(C)C)c(C(=O)Nc1ccncc1)n2C. The number of ether oxygens (including phenoxy) is 1. The first-order valence-corrected chi connectivity index (χ1v) is 11.2. The third-order valence-corrected chi connectivity index (χ3v) is 5.32. The van der Waals surface area contributed by atoms with Gasteiger partial charge in [-0.15, -0.1) is 0 Å². The van der Waals surface area contributed by atoms with Crippen molar-refractivity contribution in [1.29, 1.82) is 0 Å². The van der Waals surface area contributed by atoms with Gasteiger partial charge in [0.05, 0.1) is 22.9 Å². The number of rotatable bonds is 7. The Morgan fingerprint density at radius 1 is 1.03 bits per heavy atom. The lowest BCUT2D eigenvalue weighted by Crippen LogP contribution is -2.18. The van der Waals surface area contributed by atoms with Crippen LogP contribution in [0.4, 0.5) is 11.4 Å². The predicted molar refractivity (Wildman–Crippen MR) is 132 cm³/mol. The van der Waals surface area contributed by atoms with Crippen molar-refractivity contribution in [2.75, 3.05) is 10.6 Å². The number of carbonyl (C=O) groups is 2. The summed E-state index contributed by atoms with van der Waals surface area (Å²) in [6.45, 7) is 5.77. The Hall–Kier alpha value is -4.20. The monoisotopic (exact) mass is 457 g/mol. The van der Waals surface area contributed by atoms with Gasteiger partial charge in [0.1, 0.15) is 5.65 Å².